The molecule has 1 heterocycles. The van der Waals surface area contributed by atoms with Crippen LogP contribution in [0.15, 0.2) is 48.5 Å². The molecule has 0 radical (unpaired) electrons. The van der Waals surface area contributed by atoms with Gasteiger partial charge in [0, 0.05) is 12.6 Å². The van der Waals surface area contributed by atoms with E-state index in [1.807, 2.05) is 24.3 Å². The maximum atomic E-state index is 12.9. The van der Waals surface area contributed by atoms with Gasteiger partial charge in [-0.05, 0) is 74.8 Å². The Bertz CT molecular complexity index is 612. The average molecular weight is 315 g/mol. The fourth-order valence-electron chi connectivity index (χ4n) is 2.85. The van der Waals surface area contributed by atoms with Crippen LogP contribution in [0.4, 0.5) is 4.39 Å². The van der Waals surface area contributed by atoms with Crippen molar-refractivity contribution < 1.29 is 13.9 Å². The first-order valence-corrected chi connectivity index (χ1v) is 8.11. The van der Waals surface area contributed by atoms with Gasteiger partial charge >= 0.3 is 0 Å². The summed E-state index contributed by atoms with van der Waals surface area (Å²) in [5.41, 5.74) is 0. The first-order valence-electron chi connectivity index (χ1n) is 8.11. The summed E-state index contributed by atoms with van der Waals surface area (Å²) in [6.07, 6.45) is 2.58. The topological polar surface area (TPSA) is 21.7 Å². The van der Waals surface area contributed by atoms with E-state index in [9.17, 15) is 4.39 Å². The second-order valence-electron chi connectivity index (χ2n) is 5.90. The Balaban J connectivity index is 1.47. The van der Waals surface area contributed by atoms with Crippen LogP contribution in [0.5, 0.6) is 17.2 Å². The van der Waals surface area contributed by atoms with Gasteiger partial charge in [0.2, 0.25) is 0 Å². The van der Waals surface area contributed by atoms with Gasteiger partial charge in [0.25, 0.3) is 0 Å². The van der Waals surface area contributed by atoms with Crippen molar-refractivity contribution in [2.75, 3.05) is 19.7 Å². The molecule has 3 nitrogen and oxygen atoms in total. The summed E-state index contributed by atoms with van der Waals surface area (Å²) in [7, 11) is 0. The molecule has 122 valence electrons. The van der Waals surface area contributed by atoms with Gasteiger partial charge in [-0.3, -0.25) is 4.90 Å². The summed E-state index contributed by atoms with van der Waals surface area (Å²) < 4.78 is 24.3. The Morgan fingerprint density at radius 3 is 2.22 bits per heavy atom. The molecule has 0 spiro atoms. The highest BCUT2D eigenvalue weighted by atomic mass is 19.1. The Morgan fingerprint density at radius 2 is 1.61 bits per heavy atom. The second kappa shape index (κ2) is 7.47. The number of benzene rings is 2. The third-order valence-electron chi connectivity index (χ3n) is 4.21. The van der Waals surface area contributed by atoms with Gasteiger partial charge in [-0.25, -0.2) is 4.39 Å². The van der Waals surface area contributed by atoms with Crippen molar-refractivity contribution in [1.82, 2.24) is 4.90 Å². The molecule has 1 aliphatic heterocycles. The van der Waals surface area contributed by atoms with E-state index in [4.69, 9.17) is 9.47 Å². The average Bonchev–Trinajstić information content (AvgIpc) is 2.97. The third kappa shape index (κ3) is 4.45. The van der Waals surface area contributed by atoms with Crippen LogP contribution in [0.3, 0.4) is 0 Å². The highest BCUT2D eigenvalue weighted by molar-refractivity contribution is 5.35. The maximum absolute atomic E-state index is 12.9. The molecular weight excluding hydrogens is 293 g/mol. The fourth-order valence-corrected chi connectivity index (χ4v) is 2.85. The fraction of sp³-hybridized carbons (Fsp3) is 0.368. The predicted molar refractivity (Wildman–Crippen MR) is 88.7 cm³/mol. The zero-order chi connectivity index (χ0) is 16.1. The third-order valence-corrected chi connectivity index (χ3v) is 4.21. The van der Waals surface area contributed by atoms with E-state index in [1.165, 1.54) is 31.5 Å². The van der Waals surface area contributed by atoms with Crippen molar-refractivity contribution in [3.05, 3.63) is 54.3 Å². The zero-order valence-corrected chi connectivity index (χ0v) is 13.4. The van der Waals surface area contributed by atoms with E-state index in [0.717, 1.165) is 12.3 Å². The Hall–Kier alpha value is -2.07. The van der Waals surface area contributed by atoms with E-state index in [2.05, 4.69) is 11.8 Å². The molecule has 1 atom stereocenters. The summed E-state index contributed by atoms with van der Waals surface area (Å²) >= 11 is 0. The first-order chi connectivity index (χ1) is 11.2. The largest absolute Gasteiger partial charge is 0.492 e. The van der Waals surface area contributed by atoms with Gasteiger partial charge in [-0.1, -0.05) is 0 Å². The molecule has 0 unspecified atom stereocenters. The predicted octanol–water partition coefficient (Wildman–Crippen LogP) is 4.48. The van der Waals surface area contributed by atoms with Crippen LogP contribution in [0.25, 0.3) is 0 Å². The van der Waals surface area contributed by atoms with E-state index in [0.29, 0.717) is 24.1 Å². The van der Waals surface area contributed by atoms with Crippen molar-refractivity contribution >= 4 is 0 Å². The van der Waals surface area contributed by atoms with Crippen LogP contribution in [-0.4, -0.2) is 30.6 Å². The SMILES string of the molecule is C[C@@H]1CCCN1CCOc1ccc(Oc2ccc(F)cc2)cc1. The molecule has 1 saturated heterocycles. The summed E-state index contributed by atoms with van der Waals surface area (Å²) in [4.78, 5) is 2.46. The first kappa shape index (κ1) is 15.8. The van der Waals surface area contributed by atoms with E-state index < -0.39 is 0 Å². The molecular formula is C19H22FNO2. The minimum atomic E-state index is -0.270. The van der Waals surface area contributed by atoms with Gasteiger partial charge in [0.1, 0.15) is 29.7 Å². The smallest absolute Gasteiger partial charge is 0.127 e. The number of hydrogen-bond donors (Lipinski definition) is 0. The lowest BCUT2D eigenvalue weighted by atomic mass is 10.2. The Morgan fingerprint density at radius 1 is 1.00 bits per heavy atom. The van der Waals surface area contributed by atoms with Crippen LogP contribution in [0, 0.1) is 5.82 Å². The minimum absolute atomic E-state index is 0.270. The highest BCUT2D eigenvalue weighted by Crippen LogP contribution is 2.24. The molecule has 0 amide bonds. The molecule has 0 aliphatic carbocycles. The maximum Gasteiger partial charge on any atom is 0.127 e. The Kier molecular flexibility index (Phi) is 5.13. The van der Waals surface area contributed by atoms with Crippen molar-refractivity contribution in [2.45, 2.75) is 25.8 Å². The quantitative estimate of drug-likeness (QED) is 0.784. The van der Waals surface area contributed by atoms with Gasteiger partial charge in [0.05, 0.1) is 0 Å². The number of hydrogen-bond acceptors (Lipinski definition) is 3. The van der Waals surface area contributed by atoms with Crippen molar-refractivity contribution in [2.24, 2.45) is 0 Å². The lowest BCUT2D eigenvalue weighted by Crippen LogP contribution is -2.31. The van der Waals surface area contributed by atoms with Crippen molar-refractivity contribution in [3.63, 3.8) is 0 Å². The molecule has 0 N–H and O–H groups in total. The van der Waals surface area contributed by atoms with Crippen LogP contribution in [0.2, 0.25) is 0 Å². The van der Waals surface area contributed by atoms with Crippen LogP contribution in [0.1, 0.15) is 19.8 Å². The van der Waals surface area contributed by atoms with Crippen molar-refractivity contribution in [1.29, 1.82) is 0 Å². The van der Waals surface area contributed by atoms with Gasteiger partial charge in [-0.2, -0.15) is 0 Å². The van der Waals surface area contributed by atoms with E-state index >= 15 is 0 Å². The van der Waals surface area contributed by atoms with Gasteiger partial charge in [0.15, 0.2) is 0 Å². The second-order valence-corrected chi connectivity index (χ2v) is 5.90. The van der Waals surface area contributed by atoms with Gasteiger partial charge < -0.3 is 9.47 Å². The molecule has 2 aromatic carbocycles. The Labute approximate surface area is 136 Å². The molecule has 0 aromatic heterocycles. The zero-order valence-electron chi connectivity index (χ0n) is 13.4. The normalized spacial score (nSPS) is 18.1. The summed E-state index contributed by atoms with van der Waals surface area (Å²) in [6.45, 7) is 5.11. The molecule has 1 fully saturated rings. The number of likely N-dealkylation sites (tertiary alicyclic amines) is 1. The molecule has 23 heavy (non-hydrogen) atoms. The lowest BCUT2D eigenvalue weighted by molar-refractivity contribution is 0.204. The monoisotopic (exact) mass is 315 g/mol. The van der Waals surface area contributed by atoms with Crippen LogP contribution < -0.4 is 9.47 Å². The van der Waals surface area contributed by atoms with Crippen LogP contribution in [-0.2, 0) is 0 Å². The molecule has 3 rings (SSSR count). The number of ether oxygens (including phenoxy) is 2. The standard InChI is InChI=1S/C19H22FNO2/c1-15-3-2-12-21(15)13-14-22-17-8-10-19(11-9-17)23-18-6-4-16(20)5-7-18/h4-11,15H,2-3,12-14H2,1H3/t15-/m1/s1. The number of rotatable bonds is 6. The molecule has 0 bridgehead atoms. The molecule has 4 heteroatoms. The molecule has 0 saturated carbocycles. The molecule has 2 aromatic rings. The van der Waals surface area contributed by atoms with E-state index in [-0.39, 0.29) is 5.82 Å². The summed E-state index contributed by atoms with van der Waals surface area (Å²) in [6, 6.07) is 14.2. The molecule has 1 aliphatic rings. The minimum Gasteiger partial charge on any atom is -0.492 e. The number of nitrogens with zero attached hydrogens (tertiary/aromatic N) is 1. The summed E-state index contributed by atoms with van der Waals surface area (Å²) in [5.74, 6) is 1.89. The number of halogens is 1. The lowest BCUT2D eigenvalue weighted by Gasteiger charge is -2.20. The van der Waals surface area contributed by atoms with E-state index in [1.54, 1.807) is 12.1 Å². The van der Waals surface area contributed by atoms with Crippen LogP contribution >= 0.6 is 0 Å². The highest BCUT2D eigenvalue weighted by Gasteiger charge is 2.19. The summed E-state index contributed by atoms with van der Waals surface area (Å²) in [5, 5.41) is 0. The van der Waals surface area contributed by atoms with Crippen molar-refractivity contribution in [3.8, 4) is 17.2 Å². The van der Waals surface area contributed by atoms with Gasteiger partial charge in [-0.15, -0.1) is 0 Å².